The molecule has 0 aliphatic heterocycles. The number of benzene rings is 2. The van der Waals surface area contributed by atoms with Crippen LogP contribution >= 0.6 is 0 Å². The fourth-order valence-corrected chi connectivity index (χ4v) is 3.99. The summed E-state index contributed by atoms with van der Waals surface area (Å²) in [5, 5.41) is 0. The van der Waals surface area contributed by atoms with Crippen molar-refractivity contribution in [2.45, 2.75) is 18.7 Å². The largest absolute Gasteiger partial charge is 0.495 e. The summed E-state index contributed by atoms with van der Waals surface area (Å²) in [6.07, 6.45) is 0. The summed E-state index contributed by atoms with van der Waals surface area (Å²) >= 11 is 0. The zero-order chi connectivity index (χ0) is 20.9. The predicted octanol–water partition coefficient (Wildman–Crippen LogP) is 3.56. The van der Waals surface area contributed by atoms with Crippen molar-refractivity contribution in [1.29, 1.82) is 0 Å². The van der Waals surface area contributed by atoms with E-state index < -0.39 is 10.0 Å². The maximum Gasteiger partial charge on any atom is 0.264 e. The predicted molar refractivity (Wildman–Crippen MR) is 111 cm³/mol. The molecule has 0 bridgehead atoms. The average Bonchev–Trinajstić information content (AvgIpc) is 2.70. The number of nitrogens with zero attached hydrogens (tertiary/aromatic N) is 2. The van der Waals surface area contributed by atoms with Crippen molar-refractivity contribution in [2.24, 2.45) is 0 Å². The number of rotatable bonds is 8. The number of para-hydroxylation sites is 2. The van der Waals surface area contributed by atoms with E-state index in [9.17, 15) is 13.2 Å². The average molecular weight is 403 g/mol. The highest BCUT2D eigenvalue weighted by Crippen LogP contribution is 2.30. The van der Waals surface area contributed by atoms with E-state index in [0.717, 1.165) is 5.57 Å². The summed E-state index contributed by atoms with van der Waals surface area (Å²) in [5.41, 5.74) is 1.75. The molecule has 0 radical (unpaired) electrons. The normalized spacial score (nSPS) is 11.0. The first-order chi connectivity index (χ1) is 13.2. The molecular formula is C21H26N2O4S. The topological polar surface area (TPSA) is 66.9 Å². The lowest BCUT2D eigenvalue weighted by Crippen LogP contribution is -2.32. The summed E-state index contributed by atoms with van der Waals surface area (Å²) in [6, 6.07) is 12.8. The van der Waals surface area contributed by atoms with Gasteiger partial charge in [-0.15, -0.1) is 0 Å². The van der Waals surface area contributed by atoms with Crippen LogP contribution in [0.15, 0.2) is 65.6 Å². The zero-order valence-electron chi connectivity index (χ0n) is 16.7. The molecule has 7 heteroatoms. The number of anilines is 1. The second kappa shape index (κ2) is 8.93. The second-order valence-corrected chi connectivity index (χ2v) is 8.41. The van der Waals surface area contributed by atoms with Crippen LogP contribution in [-0.4, -0.2) is 46.5 Å². The second-order valence-electron chi connectivity index (χ2n) is 6.45. The standard InChI is InChI=1S/C21H26N2O4S/c1-6-23(15-16(2)3)21(24)17-11-13-18(14-12-17)28(25,26)22(4)19-9-7-8-10-20(19)27-5/h7-14H,2,6,15H2,1,3-5H3. The molecule has 0 fully saturated rings. The van der Waals surface area contributed by atoms with Crippen molar-refractivity contribution >= 4 is 21.6 Å². The van der Waals surface area contributed by atoms with E-state index in [1.807, 2.05) is 13.8 Å². The van der Waals surface area contributed by atoms with Crippen LogP contribution in [0, 0.1) is 0 Å². The van der Waals surface area contributed by atoms with Gasteiger partial charge in [-0.3, -0.25) is 9.10 Å². The minimum atomic E-state index is -3.80. The third-order valence-electron chi connectivity index (χ3n) is 4.31. The van der Waals surface area contributed by atoms with E-state index in [2.05, 4.69) is 6.58 Å². The van der Waals surface area contributed by atoms with Gasteiger partial charge in [-0.05, 0) is 50.2 Å². The van der Waals surface area contributed by atoms with Gasteiger partial charge in [0.25, 0.3) is 15.9 Å². The maximum absolute atomic E-state index is 13.0. The number of carbonyl (C=O) groups excluding carboxylic acids is 1. The quantitative estimate of drug-likeness (QED) is 0.633. The molecule has 0 unspecified atom stereocenters. The van der Waals surface area contributed by atoms with E-state index in [0.29, 0.717) is 30.1 Å². The number of likely N-dealkylation sites (N-methyl/N-ethyl adjacent to an activating group) is 1. The summed E-state index contributed by atoms with van der Waals surface area (Å²) < 4.78 is 32.4. The Labute approximate surface area is 167 Å². The van der Waals surface area contributed by atoms with Crippen LogP contribution in [0.1, 0.15) is 24.2 Å². The molecule has 0 heterocycles. The van der Waals surface area contributed by atoms with Gasteiger partial charge in [-0.25, -0.2) is 8.42 Å². The molecule has 0 saturated carbocycles. The van der Waals surface area contributed by atoms with Gasteiger partial charge in [0.1, 0.15) is 5.75 Å². The number of methoxy groups -OCH3 is 1. The van der Waals surface area contributed by atoms with E-state index in [1.54, 1.807) is 29.2 Å². The van der Waals surface area contributed by atoms with Gasteiger partial charge < -0.3 is 9.64 Å². The van der Waals surface area contributed by atoms with Crippen LogP contribution in [0.25, 0.3) is 0 Å². The lowest BCUT2D eigenvalue weighted by molar-refractivity contribution is 0.0778. The van der Waals surface area contributed by atoms with Gasteiger partial charge in [-0.2, -0.15) is 0 Å². The van der Waals surface area contributed by atoms with Crippen LogP contribution in [0.4, 0.5) is 5.69 Å². The third kappa shape index (κ3) is 4.54. The van der Waals surface area contributed by atoms with E-state index in [4.69, 9.17) is 4.74 Å². The van der Waals surface area contributed by atoms with Crippen LogP contribution in [0.3, 0.4) is 0 Å². The first-order valence-corrected chi connectivity index (χ1v) is 10.3. The fourth-order valence-electron chi connectivity index (χ4n) is 2.78. The van der Waals surface area contributed by atoms with Gasteiger partial charge >= 0.3 is 0 Å². The van der Waals surface area contributed by atoms with Crippen LogP contribution < -0.4 is 9.04 Å². The molecule has 150 valence electrons. The Hall–Kier alpha value is -2.80. The summed E-state index contributed by atoms with van der Waals surface area (Å²) in [5.74, 6) is 0.297. The molecule has 0 aliphatic carbocycles. The van der Waals surface area contributed by atoms with E-state index in [-0.39, 0.29) is 10.8 Å². The van der Waals surface area contributed by atoms with E-state index >= 15 is 0 Å². The van der Waals surface area contributed by atoms with Crippen molar-refractivity contribution in [2.75, 3.05) is 31.6 Å². The number of amides is 1. The Kier molecular flexibility index (Phi) is 6.85. The Balaban J connectivity index is 2.31. The molecule has 0 aromatic heterocycles. The SMILES string of the molecule is C=C(C)CN(CC)C(=O)c1ccc(S(=O)(=O)N(C)c2ccccc2OC)cc1. The number of sulfonamides is 1. The molecule has 2 rings (SSSR count). The van der Waals surface area contributed by atoms with Crippen LogP contribution in [-0.2, 0) is 10.0 Å². The Morgan fingerprint density at radius 1 is 1.11 bits per heavy atom. The molecule has 0 atom stereocenters. The fraction of sp³-hybridized carbons (Fsp3) is 0.286. The first-order valence-electron chi connectivity index (χ1n) is 8.88. The number of hydrogen-bond donors (Lipinski definition) is 0. The minimum absolute atomic E-state index is 0.0976. The Morgan fingerprint density at radius 2 is 1.71 bits per heavy atom. The number of hydrogen-bond acceptors (Lipinski definition) is 4. The molecule has 0 spiro atoms. The Bertz CT molecular complexity index is 953. The smallest absolute Gasteiger partial charge is 0.264 e. The van der Waals surface area contributed by atoms with Crippen LogP contribution in [0.5, 0.6) is 5.75 Å². The molecular weight excluding hydrogens is 376 g/mol. The van der Waals surface area contributed by atoms with Gasteiger partial charge in [0, 0.05) is 25.7 Å². The van der Waals surface area contributed by atoms with Gasteiger partial charge in [0.15, 0.2) is 0 Å². The molecule has 6 nitrogen and oxygen atoms in total. The molecule has 1 amide bonds. The van der Waals surface area contributed by atoms with Gasteiger partial charge in [-0.1, -0.05) is 24.3 Å². The number of carbonyl (C=O) groups is 1. The van der Waals surface area contributed by atoms with Crippen LogP contribution in [0.2, 0.25) is 0 Å². The van der Waals surface area contributed by atoms with Gasteiger partial charge in [0.05, 0.1) is 17.7 Å². The Morgan fingerprint density at radius 3 is 2.25 bits per heavy atom. The summed E-state index contributed by atoms with van der Waals surface area (Å²) in [6.45, 7) is 8.60. The zero-order valence-corrected chi connectivity index (χ0v) is 17.5. The third-order valence-corrected chi connectivity index (χ3v) is 6.10. The van der Waals surface area contributed by atoms with Gasteiger partial charge in [0.2, 0.25) is 0 Å². The maximum atomic E-state index is 13.0. The van der Waals surface area contributed by atoms with Crippen molar-refractivity contribution in [3.05, 3.63) is 66.2 Å². The highest BCUT2D eigenvalue weighted by atomic mass is 32.2. The monoisotopic (exact) mass is 402 g/mol. The van der Waals surface area contributed by atoms with Crippen molar-refractivity contribution in [1.82, 2.24) is 4.90 Å². The summed E-state index contributed by atoms with van der Waals surface area (Å²) in [4.78, 5) is 14.4. The van der Waals surface area contributed by atoms with E-state index in [1.165, 1.54) is 42.7 Å². The highest BCUT2D eigenvalue weighted by molar-refractivity contribution is 7.92. The van der Waals surface area contributed by atoms with Crippen molar-refractivity contribution in [3.63, 3.8) is 0 Å². The lowest BCUT2D eigenvalue weighted by Gasteiger charge is -2.22. The lowest BCUT2D eigenvalue weighted by atomic mass is 10.2. The molecule has 0 N–H and O–H groups in total. The number of ether oxygens (including phenoxy) is 1. The van der Waals surface area contributed by atoms with Crippen molar-refractivity contribution < 1.29 is 17.9 Å². The molecule has 2 aromatic carbocycles. The van der Waals surface area contributed by atoms with Crippen molar-refractivity contribution in [3.8, 4) is 5.75 Å². The molecule has 0 saturated heterocycles. The highest BCUT2D eigenvalue weighted by Gasteiger charge is 2.24. The molecule has 2 aromatic rings. The molecule has 0 aliphatic rings. The molecule has 28 heavy (non-hydrogen) atoms. The first kappa shape index (κ1) is 21.5. The minimum Gasteiger partial charge on any atom is -0.495 e. The summed E-state index contributed by atoms with van der Waals surface area (Å²) in [7, 11) is -0.837.